The molecule has 0 aliphatic heterocycles. The van der Waals surface area contributed by atoms with Crippen LogP contribution >= 0.6 is 0 Å². The molecule has 1 atom stereocenters. The zero-order valence-electron chi connectivity index (χ0n) is 10.6. The maximum Gasteiger partial charge on any atom is 0.326 e. The second-order valence-corrected chi connectivity index (χ2v) is 4.16. The zero-order valence-corrected chi connectivity index (χ0v) is 10.6. The average molecular weight is 299 g/mol. The second-order valence-electron chi connectivity index (χ2n) is 4.16. The van der Waals surface area contributed by atoms with Crippen molar-refractivity contribution in [3.05, 3.63) is 17.7 Å². The van der Waals surface area contributed by atoms with Gasteiger partial charge in [-0.15, -0.1) is 0 Å². The summed E-state index contributed by atoms with van der Waals surface area (Å²) in [5.74, 6) is -5.90. The number of hydrogen-bond donors (Lipinski definition) is 6. The first-order valence-corrected chi connectivity index (χ1v) is 5.72. The van der Waals surface area contributed by atoms with Crippen molar-refractivity contribution in [2.75, 3.05) is 0 Å². The SMILES string of the molecule is O=C(O)CC[C@H](NC(=O)c1cc(O)c(O)c(O)c1)C(=O)O. The van der Waals surface area contributed by atoms with Gasteiger partial charge in [0, 0.05) is 12.0 Å². The summed E-state index contributed by atoms with van der Waals surface area (Å²) in [5, 5.41) is 47.1. The molecule has 0 unspecified atom stereocenters. The van der Waals surface area contributed by atoms with Crippen LogP contribution in [0.1, 0.15) is 23.2 Å². The van der Waals surface area contributed by atoms with Crippen LogP contribution < -0.4 is 5.32 Å². The summed E-state index contributed by atoms with van der Waals surface area (Å²) in [6.07, 6.45) is -0.782. The number of carboxylic acids is 2. The molecule has 0 fully saturated rings. The lowest BCUT2D eigenvalue weighted by Crippen LogP contribution is -2.41. The molecule has 0 radical (unpaired) electrons. The molecule has 114 valence electrons. The standard InChI is InChI=1S/C12H13NO8/c14-7-3-5(4-8(15)10(7)18)11(19)13-6(12(20)21)1-2-9(16)17/h3-4,6,14-15,18H,1-2H2,(H,13,19)(H,16,17)(H,20,21)/t6-/m0/s1. The van der Waals surface area contributed by atoms with Crippen molar-refractivity contribution in [3.8, 4) is 17.2 Å². The molecular weight excluding hydrogens is 286 g/mol. The quantitative estimate of drug-likeness (QED) is 0.395. The Labute approximate surface area is 118 Å². The molecule has 1 rings (SSSR count). The maximum absolute atomic E-state index is 11.8. The highest BCUT2D eigenvalue weighted by molar-refractivity contribution is 5.97. The summed E-state index contributed by atoms with van der Waals surface area (Å²) in [5.41, 5.74) is -0.288. The lowest BCUT2D eigenvalue weighted by molar-refractivity contribution is -0.140. The number of carbonyl (C=O) groups is 3. The number of nitrogens with one attached hydrogen (secondary N) is 1. The Kier molecular flexibility index (Phi) is 4.95. The Morgan fingerprint density at radius 1 is 1.05 bits per heavy atom. The third-order valence-electron chi connectivity index (χ3n) is 2.58. The topological polar surface area (TPSA) is 164 Å². The molecule has 0 aliphatic carbocycles. The van der Waals surface area contributed by atoms with Crippen LogP contribution in [0, 0.1) is 0 Å². The molecule has 0 aromatic heterocycles. The first-order chi connectivity index (χ1) is 9.72. The van der Waals surface area contributed by atoms with Crippen molar-refractivity contribution in [2.45, 2.75) is 18.9 Å². The number of benzene rings is 1. The van der Waals surface area contributed by atoms with E-state index in [1.54, 1.807) is 0 Å². The molecule has 0 saturated carbocycles. The number of phenolic OH excluding ortho intramolecular Hbond substituents is 3. The summed E-state index contributed by atoms with van der Waals surface area (Å²) in [7, 11) is 0. The Balaban J connectivity index is 2.87. The van der Waals surface area contributed by atoms with Gasteiger partial charge in [0.05, 0.1) is 0 Å². The van der Waals surface area contributed by atoms with Crippen molar-refractivity contribution in [1.29, 1.82) is 0 Å². The number of hydrogen-bond acceptors (Lipinski definition) is 6. The van der Waals surface area contributed by atoms with Crippen LogP contribution in [0.25, 0.3) is 0 Å². The Hall–Kier alpha value is -2.97. The molecule has 0 bridgehead atoms. The predicted molar refractivity (Wildman–Crippen MR) is 67.2 cm³/mol. The van der Waals surface area contributed by atoms with Crippen LogP contribution in [0.4, 0.5) is 0 Å². The van der Waals surface area contributed by atoms with Gasteiger partial charge in [-0.1, -0.05) is 0 Å². The van der Waals surface area contributed by atoms with Crippen LogP contribution in [0.5, 0.6) is 17.2 Å². The molecule has 0 heterocycles. The van der Waals surface area contributed by atoms with E-state index in [4.69, 9.17) is 15.3 Å². The van der Waals surface area contributed by atoms with E-state index in [-0.39, 0.29) is 12.0 Å². The fraction of sp³-hybridized carbons (Fsp3) is 0.250. The van der Waals surface area contributed by atoms with Crippen LogP contribution in [0.3, 0.4) is 0 Å². The number of rotatable bonds is 6. The van der Waals surface area contributed by atoms with E-state index in [0.717, 1.165) is 12.1 Å². The molecule has 9 heteroatoms. The molecule has 1 aromatic rings. The number of aromatic hydroxyl groups is 3. The molecule has 21 heavy (non-hydrogen) atoms. The minimum Gasteiger partial charge on any atom is -0.504 e. The molecule has 0 spiro atoms. The van der Waals surface area contributed by atoms with E-state index in [2.05, 4.69) is 5.32 Å². The minimum atomic E-state index is -1.44. The number of amides is 1. The van der Waals surface area contributed by atoms with Gasteiger partial charge < -0.3 is 30.8 Å². The van der Waals surface area contributed by atoms with Crippen molar-refractivity contribution in [1.82, 2.24) is 5.32 Å². The molecule has 0 aliphatic rings. The number of phenols is 3. The highest BCUT2D eigenvalue weighted by Crippen LogP contribution is 2.35. The van der Waals surface area contributed by atoms with Gasteiger partial charge in [0.25, 0.3) is 5.91 Å². The summed E-state index contributed by atoms with van der Waals surface area (Å²) in [6, 6.07) is 0.229. The number of carboxylic acid groups (broad SMARTS) is 2. The number of carbonyl (C=O) groups excluding carboxylic acids is 1. The first kappa shape index (κ1) is 16.1. The summed E-state index contributed by atoms with van der Waals surface area (Å²) < 4.78 is 0. The van der Waals surface area contributed by atoms with Gasteiger partial charge in [-0.05, 0) is 18.6 Å². The van der Waals surface area contributed by atoms with E-state index in [0.29, 0.717) is 0 Å². The smallest absolute Gasteiger partial charge is 0.326 e. The van der Waals surface area contributed by atoms with Gasteiger partial charge in [-0.3, -0.25) is 9.59 Å². The lowest BCUT2D eigenvalue weighted by Gasteiger charge is -2.14. The van der Waals surface area contributed by atoms with E-state index >= 15 is 0 Å². The highest BCUT2D eigenvalue weighted by atomic mass is 16.4. The largest absolute Gasteiger partial charge is 0.504 e. The molecule has 0 saturated heterocycles. The molecule has 9 nitrogen and oxygen atoms in total. The van der Waals surface area contributed by atoms with Crippen molar-refractivity contribution in [2.24, 2.45) is 0 Å². The minimum absolute atomic E-state index is 0.288. The summed E-state index contributed by atoms with van der Waals surface area (Å²) in [4.78, 5) is 33.1. The van der Waals surface area contributed by atoms with Crippen LogP contribution in [0.2, 0.25) is 0 Å². The van der Waals surface area contributed by atoms with Crippen molar-refractivity contribution in [3.63, 3.8) is 0 Å². The fourth-order valence-corrected chi connectivity index (χ4v) is 1.50. The molecule has 1 amide bonds. The zero-order chi connectivity index (χ0) is 16.2. The monoisotopic (exact) mass is 299 g/mol. The van der Waals surface area contributed by atoms with Gasteiger partial charge in [0.2, 0.25) is 0 Å². The predicted octanol–water partition coefficient (Wildman–Crippen LogP) is -0.149. The van der Waals surface area contributed by atoms with Crippen LogP contribution in [-0.2, 0) is 9.59 Å². The van der Waals surface area contributed by atoms with E-state index in [1.165, 1.54) is 0 Å². The summed E-state index contributed by atoms with van der Waals surface area (Å²) in [6.45, 7) is 0. The second kappa shape index (κ2) is 6.46. The van der Waals surface area contributed by atoms with E-state index in [9.17, 15) is 24.6 Å². The van der Waals surface area contributed by atoms with Gasteiger partial charge in [-0.25, -0.2) is 4.79 Å². The molecular formula is C12H13NO8. The van der Waals surface area contributed by atoms with Gasteiger partial charge in [0.15, 0.2) is 17.2 Å². The number of aliphatic carboxylic acids is 2. The Morgan fingerprint density at radius 3 is 2.00 bits per heavy atom. The van der Waals surface area contributed by atoms with Crippen molar-refractivity contribution >= 4 is 17.8 Å². The maximum atomic E-state index is 11.8. The normalized spacial score (nSPS) is 11.6. The third kappa shape index (κ3) is 4.27. The Bertz CT molecular complexity index is 560. The van der Waals surface area contributed by atoms with Crippen LogP contribution in [-0.4, -0.2) is 49.4 Å². The third-order valence-corrected chi connectivity index (χ3v) is 2.58. The first-order valence-electron chi connectivity index (χ1n) is 5.72. The van der Waals surface area contributed by atoms with Gasteiger partial charge >= 0.3 is 11.9 Å². The molecule has 1 aromatic carbocycles. The van der Waals surface area contributed by atoms with Gasteiger partial charge in [-0.2, -0.15) is 0 Å². The Morgan fingerprint density at radius 2 is 1.57 bits per heavy atom. The summed E-state index contributed by atoms with van der Waals surface area (Å²) >= 11 is 0. The molecule has 6 N–H and O–H groups in total. The van der Waals surface area contributed by atoms with E-state index < -0.39 is 47.6 Å². The van der Waals surface area contributed by atoms with E-state index in [1.807, 2.05) is 0 Å². The van der Waals surface area contributed by atoms with Crippen LogP contribution in [0.15, 0.2) is 12.1 Å². The fourth-order valence-electron chi connectivity index (χ4n) is 1.50. The highest BCUT2D eigenvalue weighted by Gasteiger charge is 2.22. The average Bonchev–Trinajstić information content (AvgIpc) is 2.39. The lowest BCUT2D eigenvalue weighted by atomic mass is 10.1. The van der Waals surface area contributed by atoms with Gasteiger partial charge in [0.1, 0.15) is 6.04 Å². The van der Waals surface area contributed by atoms with Crippen molar-refractivity contribution < 1.29 is 39.9 Å².